The maximum absolute atomic E-state index is 13.6. The van der Waals surface area contributed by atoms with E-state index in [9.17, 15) is 9.50 Å². The Kier molecular flexibility index (Phi) is 3.96. The Morgan fingerprint density at radius 3 is 3.00 bits per heavy atom. The van der Waals surface area contributed by atoms with Crippen molar-refractivity contribution in [2.45, 2.75) is 13.0 Å². The predicted octanol–water partition coefficient (Wildman–Crippen LogP) is 3.82. The van der Waals surface area contributed by atoms with Gasteiger partial charge in [0.1, 0.15) is 6.10 Å². The Balaban J connectivity index is 2.22. The molecule has 1 N–H and O–H groups in total. The van der Waals surface area contributed by atoms with Crippen LogP contribution in [0.3, 0.4) is 0 Å². The van der Waals surface area contributed by atoms with E-state index >= 15 is 0 Å². The molecule has 4 nitrogen and oxygen atoms in total. The van der Waals surface area contributed by atoms with Gasteiger partial charge in [-0.15, -0.1) is 11.3 Å². The smallest absolute Gasteiger partial charge is 0.194 e. The van der Waals surface area contributed by atoms with E-state index in [0.29, 0.717) is 17.0 Å². The quantitative estimate of drug-likeness (QED) is 0.744. The van der Waals surface area contributed by atoms with Gasteiger partial charge in [-0.1, -0.05) is 12.2 Å². The second kappa shape index (κ2) is 5.90. The van der Waals surface area contributed by atoms with Crippen LogP contribution in [0.25, 0.3) is 16.2 Å². The Hall–Kier alpha value is -2.18. The van der Waals surface area contributed by atoms with Crippen LogP contribution in [0.4, 0.5) is 4.39 Å². The summed E-state index contributed by atoms with van der Waals surface area (Å²) in [5.74, 6) is -0.275. The molecule has 0 amide bonds. The summed E-state index contributed by atoms with van der Waals surface area (Å²) < 4.78 is 20.5. The average molecular weight is 318 g/mol. The topological polar surface area (TPSA) is 46.8 Å². The summed E-state index contributed by atoms with van der Waals surface area (Å²) in [6.45, 7) is 1.84. The van der Waals surface area contributed by atoms with E-state index in [2.05, 4.69) is 4.98 Å². The number of fused-ring (bicyclic) bond motifs is 1. The molecule has 0 radical (unpaired) electrons. The van der Waals surface area contributed by atoms with Crippen LogP contribution in [0, 0.1) is 5.82 Å². The van der Waals surface area contributed by atoms with Crippen molar-refractivity contribution in [3.63, 3.8) is 0 Å². The second-order valence-electron chi connectivity index (χ2n) is 4.72. The molecule has 0 saturated heterocycles. The van der Waals surface area contributed by atoms with Crippen LogP contribution < -0.4 is 4.74 Å². The number of aliphatic hydroxyl groups is 1. The Bertz CT molecular complexity index is 838. The molecular weight excluding hydrogens is 303 g/mol. The molecule has 2 aromatic heterocycles. The first-order valence-corrected chi connectivity index (χ1v) is 7.64. The van der Waals surface area contributed by atoms with E-state index in [4.69, 9.17) is 4.74 Å². The van der Waals surface area contributed by atoms with Crippen LogP contribution in [0.1, 0.15) is 18.7 Å². The zero-order valence-corrected chi connectivity index (χ0v) is 13.0. The SMILES string of the molecule is C/C=C/C(O)c1c(-c2ccc(F)c(OC)c2)nc2sccn12. The van der Waals surface area contributed by atoms with Crippen LogP contribution >= 0.6 is 11.3 Å². The van der Waals surface area contributed by atoms with Gasteiger partial charge >= 0.3 is 0 Å². The molecule has 6 heteroatoms. The first-order chi connectivity index (χ1) is 10.7. The lowest BCUT2D eigenvalue weighted by Gasteiger charge is -2.09. The van der Waals surface area contributed by atoms with Crippen LogP contribution in [0.15, 0.2) is 41.9 Å². The normalized spacial score (nSPS) is 13.1. The number of aliphatic hydroxyl groups excluding tert-OH is 1. The number of nitrogens with zero attached hydrogens (tertiary/aromatic N) is 2. The van der Waals surface area contributed by atoms with Crippen LogP contribution in [0.2, 0.25) is 0 Å². The van der Waals surface area contributed by atoms with Gasteiger partial charge < -0.3 is 9.84 Å². The number of allylic oxidation sites excluding steroid dienone is 1. The summed E-state index contributed by atoms with van der Waals surface area (Å²) >= 11 is 1.48. The minimum Gasteiger partial charge on any atom is -0.494 e. The number of aromatic nitrogens is 2. The van der Waals surface area contributed by atoms with Gasteiger partial charge in [0.05, 0.1) is 18.5 Å². The van der Waals surface area contributed by atoms with Crippen molar-refractivity contribution in [2.75, 3.05) is 7.11 Å². The van der Waals surface area contributed by atoms with Crippen molar-refractivity contribution < 1.29 is 14.2 Å². The molecule has 0 aliphatic rings. The van der Waals surface area contributed by atoms with E-state index in [-0.39, 0.29) is 5.75 Å². The fraction of sp³-hybridized carbons (Fsp3) is 0.188. The number of benzene rings is 1. The highest BCUT2D eigenvalue weighted by atomic mass is 32.1. The maximum atomic E-state index is 13.6. The van der Waals surface area contributed by atoms with Gasteiger partial charge in [-0.2, -0.15) is 0 Å². The lowest BCUT2D eigenvalue weighted by atomic mass is 10.1. The van der Waals surface area contributed by atoms with Crippen LogP contribution in [-0.2, 0) is 0 Å². The highest BCUT2D eigenvalue weighted by molar-refractivity contribution is 7.15. The summed E-state index contributed by atoms with van der Waals surface area (Å²) in [5, 5.41) is 12.3. The fourth-order valence-corrected chi connectivity index (χ4v) is 3.10. The molecule has 22 heavy (non-hydrogen) atoms. The molecule has 3 rings (SSSR count). The van der Waals surface area contributed by atoms with E-state index in [1.807, 2.05) is 22.9 Å². The molecule has 3 aromatic rings. The number of halogens is 1. The second-order valence-corrected chi connectivity index (χ2v) is 5.59. The molecular formula is C16H15FN2O2S. The minimum atomic E-state index is -0.791. The summed E-state index contributed by atoms with van der Waals surface area (Å²) in [6, 6.07) is 4.57. The lowest BCUT2D eigenvalue weighted by molar-refractivity contribution is 0.223. The molecule has 0 spiro atoms. The summed E-state index contributed by atoms with van der Waals surface area (Å²) in [6.07, 6.45) is 4.54. The van der Waals surface area contributed by atoms with Crippen molar-refractivity contribution in [3.05, 3.63) is 53.4 Å². The number of rotatable bonds is 4. The standard InChI is InChI=1S/C16H15FN2O2S/c1-3-4-12(20)15-14(18-16-19(15)7-8-22-16)10-5-6-11(17)13(9-10)21-2/h3-9,12,20H,1-2H3/b4-3+. The van der Waals surface area contributed by atoms with Crippen molar-refractivity contribution in [2.24, 2.45) is 0 Å². The van der Waals surface area contributed by atoms with E-state index in [0.717, 1.165) is 4.96 Å². The third-order valence-electron chi connectivity index (χ3n) is 3.38. The third-order valence-corrected chi connectivity index (χ3v) is 4.14. The number of thiazole rings is 1. The molecule has 0 aliphatic carbocycles. The first-order valence-electron chi connectivity index (χ1n) is 6.76. The monoisotopic (exact) mass is 318 g/mol. The van der Waals surface area contributed by atoms with Gasteiger partial charge in [0.25, 0.3) is 0 Å². The number of imidazole rings is 1. The maximum Gasteiger partial charge on any atom is 0.194 e. The van der Waals surface area contributed by atoms with E-state index in [1.54, 1.807) is 24.3 Å². The molecule has 0 aliphatic heterocycles. The number of methoxy groups -OCH3 is 1. The zero-order chi connectivity index (χ0) is 15.7. The summed E-state index contributed by atoms with van der Waals surface area (Å²) in [7, 11) is 1.42. The number of ether oxygens (including phenoxy) is 1. The molecule has 0 saturated carbocycles. The Morgan fingerprint density at radius 2 is 2.27 bits per heavy atom. The van der Waals surface area contributed by atoms with E-state index < -0.39 is 11.9 Å². The summed E-state index contributed by atoms with van der Waals surface area (Å²) in [4.78, 5) is 5.34. The van der Waals surface area contributed by atoms with Gasteiger partial charge in [0.2, 0.25) is 0 Å². The van der Waals surface area contributed by atoms with Crippen molar-refractivity contribution in [1.29, 1.82) is 0 Å². The van der Waals surface area contributed by atoms with Crippen molar-refractivity contribution in [3.8, 4) is 17.0 Å². The average Bonchev–Trinajstić information content (AvgIpc) is 3.08. The van der Waals surface area contributed by atoms with Crippen LogP contribution in [0.5, 0.6) is 5.75 Å². The fourth-order valence-electron chi connectivity index (χ4n) is 2.38. The highest BCUT2D eigenvalue weighted by Gasteiger charge is 2.20. The van der Waals surface area contributed by atoms with Crippen molar-refractivity contribution >= 4 is 16.3 Å². The largest absolute Gasteiger partial charge is 0.494 e. The Morgan fingerprint density at radius 1 is 1.45 bits per heavy atom. The molecule has 2 heterocycles. The van der Waals surface area contributed by atoms with Gasteiger partial charge in [0, 0.05) is 17.1 Å². The summed E-state index contributed by atoms with van der Waals surface area (Å²) in [5.41, 5.74) is 1.98. The molecule has 0 bridgehead atoms. The minimum absolute atomic E-state index is 0.153. The van der Waals surface area contributed by atoms with Gasteiger partial charge in [0.15, 0.2) is 16.5 Å². The van der Waals surface area contributed by atoms with Gasteiger partial charge in [-0.3, -0.25) is 4.40 Å². The number of hydrogen-bond acceptors (Lipinski definition) is 4. The van der Waals surface area contributed by atoms with E-state index in [1.165, 1.54) is 24.5 Å². The molecule has 1 unspecified atom stereocenters. The number of hydrogen-bond donors (Lipinski definition) is 1. The Labute approximate surface area is 131 Å². The van der Waals surface area contributed by atoms with Crippen molar-refractivity contribution in [1.82, 2.24) is 9.38 Å². The molecule has 1 aromatic carbocycles. The highest BCUT2D eigenvalue weighted by Crippen LogP contribution is 2.33. The first kappa shape index (κ1) is 14.7. The predicted molar refractivity (Wildman–Crippen MR) is 84.8 cm³/mol. The van der Waals surface area contributed by atoms with Gasteiger partial charge in [-0.25, -0.2) is 9.37 Å². The zero-order valence-electron chi connectivity index (χ0n) is 12.2. The third kappa shape index (κ3) is 2.40. The van der Waals surface area contributed by atoms with Gasteiger partial charge in [-0.05, 0) is 25.1 Å². The van der Waals surface area contributed by atoms with Crippen LogP contribution in [-0.4, -0.2) is 21.6 Å². The molecule has 114 valence electrons. The lowest BCUT2D eigenvalue weighted by Crippen LogP contribution is -2.00. The molecule has 0 fully saturated rings. The molecule has 1 atom stereocenters.